The van der Waals surface area contributed by atoms with Gasteiger partial charge in [-0.25, -0.2) is 0 Å². The van der Waals surface area contributed by atoms with Crippen molar-refractivity contribution in [2.45, 2.75) is 71.6 Å². The Bertz CT molecular complexity index is 309. The average Bonchev–Trinajstić information content (AvgIpc) is 2.26. The zero-order chi connectivity index (χ0) is 12.7. The molecule has 0 unspecified atom stereocenters. The van der Waals surface area contributed by atoms with E-state index in [0.717, 1.165) is 19.3 Å². The van der Waals surface area contributed by atoms with Crippen LogP contribution in [0.2, 0.25) is 0 Å². The molecule has 0 aromatic heterocycles. The predicted molar refractivity (Wildman–Crippen MR) is 74.1 cm³/mol. The largest absolute Gasteiger partial charge is 0.300 e. The molecule has 1 aliphatic rings. The van der Waals surface area contributed by atoms with Gasteiger partial charge in [0.2, 0.25) is 0 Å². The molecule has 0 aromatic carbocycles. The van der Waals surface area contributed by atoms with Crippen molar-refractivity contribution in [2.24, 2.45) is 0 Å². The van der Waals surface area contributed by atoms with Gasteiger partial charge in [-0.05, 0) is 51.0 Å². The normalized spacial score (nSPS) is 17.9. The number of ketones is 1. The highest BCUT2D eigenvalue weighted by Crippen LogP contribution is 2.37. The van der Waals surface area contributed by atoms with Gasteiger partial charge >= 0.3 is 0 Å². The van der Waals surface area contributed by atoms with Crippen LogP contribution in [-0.4, -0.2) is 5.78 Å². The van der Waals surface area contributed by atoms with E-state index < -0.39 is 0 Å². The fraction of sp³-hybridized carbons (Fsp3) is 0.688. The van der Waals surface area contributed by atoms with E-state index >= 15 is 0 Å². The van der Waals surface area contributed by atoms with Crippen LogP contribution in [0.5, 0.6) is 0 Å². The Morgan fingerprint density at radius 2 is 1.82 bits per heavy atom. The van der Waals surface area contributed by atoms with Crippen molar-refractivity contribution >= 4 is 5.78 Å². The van der Waals surface area contributed by atoms with E-state index in [9.17, 15) is 4.79 Å². The van der Waals surface area contributed by atoms with Gasteiger partial charge in [-0.15, -0.1) is 0 Å². The van der Waals surface area contributed by atoms with E-state index in [4.69, 9.17) is 0 Å². The fourth-order valence-corrected chi connectivity index (χ4v) is 2.42. The molecular formula is C16H26O. The molecule has 0 atom stereocenters. The van der Waals surface area contributed by atoms with Gasteiger partial charge in [-0.2, -0.15) is 0 Å². The number of allylic oxidation sites excluding steroid dienone is 3. The maximum atomic E-state index is 11.0. The highest BCUT2D eigenvalue weighted by molar-refractivity contribution is 5.75. The van der Waals surface area contributed by atoms with Crippen molar-refractivity contribution in [1.29, 1.82) is 0 Å². The van der Waals surface area contributed by atoms with Crippen molar-refractivity contribution in [3.05, 3.63) is 23.3 Å². The molecule has 0 heterocycles. The van der Waals surface area contributed by atoms with Crippen molar-refractivity contribution in [3.8, 4) is 0 Å². The first kappa shape index (κ1) is 14.2. The molecular weight excluding hydrogens is 208 g/mol. The zero-order valence-electron chi connectivity index (χ0n) is 11.5. The number of Topliss-reactive ketones (excluding diaryl/α,β-unsaturated/α-hetero) is 1. The van der Waals surface area contributed by atoms with E-state index in [0.29, 0.717) is 5.78 Å². The third-order valence-electron chi connectivity index (χ3n) is 3.62. The maximum absolute atomic E-state index is 11.0. The molecule has 1 aliphatic carbocycles. The van der Waals surface area contributed by atoms with Crippen molar-refractivity contribution in [2.75, 3.05) is 0 Å². The van der Waals surface area contributed by atoms with Crippen LogP contribution in [0.1, 0.15) is 71.6 Å². The summed E-state index contributed by atoms with van der Waals surface area (Å²) in [5.74, 6) is 0.315. The van der Waals surface area contributed by atoms with Gasteiger partial charge in [0.1, 0.15) is 5.78 Å². The van der Waals surface area contributed by atoms with Crippen LogP contribution in [-0.2, 0) is 4.79 Å². The molecule has 0 amide bonds. The van der Waals surface area contributed by atoms with Crippen LogP contribution < -0.4 is 0 Å². The molecule has 0 aliphatic heterocycles. The molecule has 0 aromatic rings. The van der Waals surface area contributed by atoms with Gasteiger partial charge in [-0.3, -0.25) is 0 Å². The number of hydrogen-bond acceptors (Lipinski definition) is 1. The summed E-state index contributed by atoms with van der Waals surface area (Å²) in [6, 6.07) is 0. The van der Waals surface area contributed by atoms with Crippen LogP contribution in [0, 0.1) is 0 Å². The summed E-state index contributed by atoms with van der Waals surface area (Å²) in [5, 5.41) is 0. The third kappa shape index (κ3) is 4.89. The minimum atomic E-state index is 0.315. The smallest absolute Gasteiger partial charge is 0.129 e. The number of carbonyl (C=O) groups excluding carboxylic acids is 1. The summed E-state index contributed by atoms with van der Waals surface area (Å²) in [5.41, 5.74) is 4.47. The monoisotopic (exact) mass is 234 g/mol. The molecule has 1 rings (SSSR count). The second-order valence-electron chi connectivity index (χ2n) is 5.20. The first-order valence-corrected chi connectivity index (χ1v) is 7.03. The third-order valence-corrected chi connectivity index (χ3v) is 3.62. The number of hydrogen-bond donors (Lipinski definition) is 0. The number of unbranched alkanes of at least 4 members (excludes halogenated alkanes) is 2. The van der Waals surface area contributed by atoms with Crippen LogP contribution in [0.15, 0.2) is 23.3 Å². The van der Waals surface area contributed by atoms with Gasteiger partial charge in [-0.1, -0.05) is 37.5 Å². The second-order valence-corrected chi connectivity index (χ2v) is 5.20. The van der Waals surface area contributed by atoms with Crippen molar-refractivity contribution in [1.82, 2.24) is 0 Å². The fourth-order valence-electron chi connectivity index (χ4n) is 2.42. The van der Waals surface area contributed by atoms with Gasteiger partial charge in [0.15, 0.2) is 0 Å². The van der Waals surface area contributed by atoms with Crippen LogP contribution in [0.25, 0.3) is 0 Å². The van der Waals surface area contributed by atoms with Gasteiger partial charge in [0, 0.05) is 6.42 Å². The van der Waals surface area contributed by atoms with E-state index in [1.54, 1.807) is 12.5 Å². The van der Waals surface area contributed by atoms with Crippen molar-refractivity contribution < 1.29 is 4.79 Å². The first-order chi connectivity index (χ1) is 8.15. The molecule has 1 nitrogen and oxygen atoms in total. The molecule has 1 heteroatoms. The van der Waals surface area contributed by atoms with Gasteiger partial charge < -0.3 is 4.79 Å². The summed E-state index contributed by atoms with van der Waals surface area (Å²) in [4.78, 5) is 11.0. The van der Waals surface area contributed by atoms with Crippen LogP contribution in [0.4, 0.5) is 0 Å². The Kier molecular flexibility index (Phi) is 6.25. The van der Waals surface area contributed by atoms with E-state index in [-0.39, 0.29) is 0 Å². The SMILES string of the molecule is C=C1CC/C1=C(\CCCCC)CCCC(C)=O. The Morgan fingerprint density at radius 3 is 2.29 bits per heavy atom. The number of rotatable bonds is 8. The first-order valence-electron chi connectivity index (χ1n) is 7.03. The molecule has 0 radical (unpaired) electrons. The minimum absolute atomic E-state index is 0.315. The molecule has 1 saturated carbocycles. The summed E-state index contributed by atoms with van der Waals surface area (Å²) >= 11 is 0. The summed E-state index contributed by atoms with van der Waals surface area (Å²) in [6.07, 6.45) is 10.4. The Hall–Kier alpha value is -0.850. The molecule has 0 bridgehead atoms. The molecule has 0 N–H and O–H groups in total. The summed E-state index contributed by atoms with van der Waals surface area (Å²) in [6.45, 7) is 8.04. The van der Waals surface area contributed by atoms with E-state index in [1.165, 1.54) is 49.7 Å². The quantitative estimate of drug-likeness (QED) is 0.542. The highest BCUT2D eigenvalue weighted by atomic mass is 16.1. The highest BCUT2D eigenvalue weighted by Gasteiger charge is 2.18. The summed E-state index contributed by atoms with van der Waals surface area (Å²) < 4.78 is 0. The molecule has 96 valence electrons. The molecule has 17 heavy (non-hydrogen) atoms. The van der Waals surface area contributed by atoms with E-state index in [1.807, 2.05) is 0 Å². The van der Waals surface area contributed by atoms with Gasteiger partial charge in [0.05, 0.1) is 0 Å². The van der Waals surface area contributed by atoms with Gasteiger partial charge in [0.25, 0.3) is 0 Å². The Morgan fingerprint density at radius 1 is 1.12 bits per heavy atom. The Labute approximate surface area is 106 Å². The lowest BCUT2D eigenvalue weighted by atomic mass is 9.80. The number of carbonyl (C=O) groups is 1. The molecule has 0 spiro atoms. The zero-order valence-corrected chi connectivity index (χ0v) is 11.5. The standard InChI is InChI=1S/C16H26O/c1-4-5-6-9-15(10-7-8-14(3)17)16-12-11-13(16)2/h2,4-12H2,1,3H3/b16-15-. The average molecular weight is 234 g/mol. The lowest BCUT2D eigenvalue weighted by molar-refractivity contribution is -0.117. The lowest BCUT2D eigenvalue weighted by Crippen LogP contribution is -2.06. The molecule has 0 saturated heterocycles. The minimum Gasteiger partial charge on any atom is -0.300 e. The van der Waals surface area contributed by atoms with Crippen LogP contribution >= 0.6 is 0 Å². The van der Waals surface area contributed by atoms with E-state index in [2.05, 4.69) is 13.5 Å². The topological polar surface area (TPSA) is 17.1 Å². The lowest BCUT2D eigenvalue weighted by Gasteiger charge is -2.25. The maximum Gasteiger partial charge on any atom is 0.129 e. The second kappa shape index (κ2) is 7.47. The van der Waals surface area contributed by atoms with Crippen LogP contribution in [0.3, 0.4) is 0 Å². The van der Waals surface area contributed by atoms with Crippen molar-refractivity contribution in [3.63, 3.8) is 0 Å². The predicted octanol–water partition coefficient (Wildman–Crippen LogP) is 4.97. The summed E-state index contributed by atoms with van der Waals surface area (Å²) in [7, 11) is 0. The molecule has 1 fully saturated rings. The Balaban J connectivity index is 2.45.